The Morgan fingerprint density at radius 2 is 1.79 bits per heavy atom. The summed E-state index contributed by atoms with van der Waals surface area (Å²) < 4.78 is 24.4. The standard InChI is InChI=1S/C14H15F2NS2/c1-2-11-7-8-13(18-11)9-17-10-3-5-12(6-4-10)19-14(15)16/h3-8,14,17H,2,9H2,1H3. The van der Waals surface area contributed by atoms with Gasteiger partial charge in [-0.1, -0.05) is 18.7 Å². The first-order chi connectivity index (χ1) is 9.17. The van der Waals surface area contributed by atoms with Crippen LogP contribution in [0.3, 0.4) is 0 Å². The third-order valence-electron chi connectivity index (χ3n) is 2.61. The Labute approximate surface area is 120 Å². The van der Waals surface area contributed by atoms with Crippen LogP contribution in [0.5, 0.6) is 0 Å². The van der Waals surface area contributed by atoms with Crippen molar-refractivity contribution < 1.29 is 8.78 Å². The molecule has 2 rings (SSSR count). The van der Waals surface area contributed by atoms with E-state index in [0.29, 0.717) is 16.7 Å². The third kappa shape index (κ3) is 4.51. The van der Waals surface area contributed by atoms with Gasteiger partial charge in [-0.05, 0) is 42.8 Å². The zero-order chi connectivity index (χ0) is 13.7. The lowest BCUT2D eigenvalue weighted by atomic mass is 10.3. The Kier molecular flexibility index (Phi) is 5.22. The lowest BCUT2D eigenvalue weighted by Crippen LogP contribution is -1.96. The largest absolute Gasteiger partial charge is 0.380 e. The minimum absolute atomic E-state index is 0.569. The zero-order valence-electron chi connectivity index (χ0n) is 10.5. The van der Waals surface area contributed by atoms with Gasteiger partial charge >= 0.3 is 0 Å². The van der Waals surface area contributed by atoms with E-state index in [1.165, 1.54) is 9.75 Å². The number of benzene rings is 1. The first-order valence-corrected chi connectivity index (χ1v) is 7.73. The minimum Gasteiger partial charge on any atom is -0.380 e. The monoisotopic (exact) mass is 299 g/mol. The van der Waals surface area contributed by atoms with Crippen LogP contribution in [0, 0.1) is 0 Å². The molecule has 0 aliphatic carbocycles. The second kappa shape index (κ2) is 6.91. The summed E-state index contributed by atoms with van der Waals surface area (Å²) >= 11 is 2.37. The molecule has 1 nitrogen and oxygen atoms in total. The molecule has 5 heteroatoms. The van der Waals surface area contributed by atoms with Crippen molar-refractivity contribution in [1.29, 1.82) is 0 Å². The predicted molar refractivity (Wildman–Crippen MR) is 79.3 cm³/mol. The zero-order valence-corrected chi connectivity index (χ0v) is 12.2. The SMILES string of the molecule is CCc1ccc(CNc2ccc(SC(F)F)cc2)s1. The molecule has 102 valence electrons. The van der Waals surface area contributed by atoms with Crippen LogP contribution in [0.1, 0.15) is 16.7 Å². The summed E-state index contributed by atoms with van der Waals surface area (Å²) in [6, 6.07) is 11.4. The van der Waals surface area contributed by atoms with Gasteiger partial charge in [0, 0.05) is 26.9 Å². The summed E-state index contributed by atoms with van der Waals surface area (Å²) in [6.07, 6.45) is 1.06. The van der Waals surface area contributed by atoms with Crippen molar-refractivity contribution in [3.05, 3.63) is 46.2 Å². The molecule has 1 aromatic carbocycles. The van der Waals surface area contributed by atoms with Crippen molar-refractivity contribution in [1.82, 2.24) is 0 Å². The van der Waals surface area contributed by atoms with Crippen molar-refractivity contribution >= 4 is 28.8 Å². The van der Waals surface area contributed by atoms with E-state index in [4.69, 9.17) is 0 Å². The number of thiophene rings is 1. The molecule has 0 aliphatic heterocycles. The highest BCUT2D eigenvalue weighted by Crippen LogP contribution is 2.26. The second-order valence-corrected chi connectivity index (χ2v) is 6.29. The molecular formula is C14H15F2NS2. The summed E-state index contributed by atoms with van der Waals surface area (Å²) in [5, 5.41) is 3.29. The molecule has 0 unspecified atom stereocenters. The fourth-order valence-corrected chi connectivity index (χ4v) is 3.05. The van der Waals surface area contributed by atoms with E-state index in [0.717, 1.165) is 18.7 Å². The third-order valence-corrected chi connectivity index (χ3v) is 4.56. The molecule has 0 aliphatic rings. The van der Waals surface area contributed by atoms with Gasteiger partial charge in [-0.2, -0.15) is 8.78 Å². The number of hydrogen-bond acceptors (Lipinski definition) is 3. The van der Waals surface area contributed by atoms with E-state index in [2.05, 4.69) is 24.4 Å². The molecular weight excluding hydrogens is 284 g/mol. The number of aryl methyl sites for hydroxylation is 1. The first-order valence-electron chi connectivity index (χ1n) is 6.03. The molecule has 2 aromatic rings. The van der Waals surface area contributed by atoms with E-state index in [1.54, 1.807) is 23.5 Å². The molecule has 1 N–H and O–H groups in total. The smallest absolute Gasteiger partial charge is 0.288 e. The molecule has 1 aromatic heterocycles. The number of alkyl halides is 2. The maximum absolute atomic E-state index is 12.2. The Balaban J connectivity index is 1.89. The summed E-state index contributed by atoms with van der Waals surface area (Å²) in [7, 11) is 0. The number of anilines is 1. The lowest BCUT2D eigenvalue weighted by molar-refractivity contribution is 0.252. The van der Waals surface area contributed by atoms with E-state index in [1.807, 2.05) is 12.1 Å². The number of hydrogen-bond donors (Lipinski definition) is 1. The quantitative estimate of drug-likeness (QED) is 0.732. The van der Waals surface area contributed by atoms with Gasteiger partial charge in [-0.3, -0.25) is 0 Å². The summed E-state index contributed by atoms with van der Waals surface area (Å²) in [5.74, 6) is -2.36. The Bertz CT molecular complexity index is 508. The highest BCUT2D eigenvalue weighted by Gasteiger charge is 2.04. The maximum atomic E-state index is 12.2. The van der Waals surface area contributed by atoms with Crippen LogP contribution < -0.4 is 5.32 Å². The van der Waals surface area contributed by atoms with Crippen LogP contribution in [0.15, 0.2) is 41.3 Å². The number of thioether (sulfide) groups is 1. The second-order valence-electron chi connectivity index (χ2n) is 3.98. The van der Waals surface area contributed by atoms with Crippen LogP contribution in [0.2, 0.25) is 0 Å². The fourth-order valence-electron chi connectivity index (χ4n) is 1.65. The van der Waals surface area contributed by atoms with Crippen LogP contribution in [-0.2, 0) is 13.0 Å². The van der Waals surface area contributed by atoms with E-state index in [-0.39, 0.29) is 0 Å². The Morgan fingerprint density at radius 3 is 2.37 bits per heavy atom. The number of rotatable bonds is 6. The highest BCUT2D eigenvalue weighted by atomic mass is 32.2. The van der Waals surface area contributed by atoms with Gasteiger partial charge in [0.15, 0.2) is 0 Å². The normalized spacial score (nSPS) is 10.9. The highest BCUT2D eigenvalue weighted by molar-refractivity contribution is 7.99. The summed E-state index contributed by atoms with van der Waals surface area (Å²) in [4.78, 5) is 3.24. The topological polar surface area (TPSA) is 12.0 Å². The van der Waals surface area contributed by atoms with Crippen LogP contribution >= 0.6 is 23.1 Å². The van der Waals surface area contributed by atoms with Crippen molar-refractivity contribution in [3.8, 4) is 0 Å². The molecule has 0 radical (unpaired) electrons. The molecule has 0 saturated carbocycles. The van der Waals surface area contributed by atoms with Crippen molar-refractivity contribution in [2.24, 2.45) is 0 Å². The van der Waals surface area contributed by atoms with Crippen molar-refractivity contribution in [3.63, 3.8) is 0 Å². The van der Waals surface area contributed by atoms with Crippen LogP contribution in [-0.4, -0.2) is 5.76 Å². The van der Waals surface area contributed by atoms with Crippen LogP contribution in [0.4, 0.5) is 14.5 Å². The van der Waals surface area contributed by atoms with Crippen molar-refractivity contribution in [2.45, 2.75) is 30.5 Å². The Hall–Kier alpha value is -1.07. The van der Waals surface area contributed by atoms with Crippen molar-refractivity contribution in [2.75, 3.05) is 5.32 Å². The average molecular weight is 299 g/mol. The van der Waals surface area contributed by atoms with Gasteiger partial charge in [-0.15, -0.1) is 11.3 Å². The molecule has 0 saturated heterocycles. The molecule has 1 heterocycles. The average Bonchev–Trinajstić information content (AvgIpc) is 2.85. The van der Waals surface area contributed by atoms with Gasteiger partial charge in [0.25, 0.3) is 5.76 Å². The number of nitrogens with one attached hydrogen (secondary N) is 1. The van der Waals surface area contributed by atoms with Gasteiger partial charge in [-0.25, -0.2) is 0 Å². The van der Waals surface area contributed by atoms with Gasteiger partial charge in [0.05, 0.1) is 0 Å². The van der Waals surface area contributed by atoms with E-state index in [9.17, 15) is 8.78 Å². The van der Waals surface area contributed by atoms with Gasteiger partial charge in [0.2, 0.25) is 0 Å². The minimum atomic E-state index is -2.36. The molecule has 0 bridgehead atoms. The van der Waals surface area contributed by atoms with E-state index >= 15 is 0 Å². The first kappa shape index (κ1) is 14.3. The summed E-state index contributed by atoms with van der Waals surface area (Å²) in [6.45, 7) is 2.91. The van der Waals surface area contributed by atoms with Crippen LogP contribution in [0.25, 0.3) is 0 Å². The Morgan fingerprint density at radius 1 is 1.11 bits per heavy atom. The van der Waals surface area contributed by atoms with Gasteiger partial charge in [0.1, 0.15) is 0 Å². The fraction of sp³-hybridized carbons (Fsp3) is 0.286. The van der Waals surface area contributed by atoms with E-state index < -0.39 is 5.76 Å². The number of halogens is 2. The maximum Gasteiger partial charge on any atom is 0.288 e. The van der Waals surface area contributed by atoms with Gasteiger partial charge < -0.3 is 5.32 Å². The molecule has 0 fully saturated rings. The predicted octanol–water partition coefficient (Wildman–Crippen LogP) is 5.24. The molecule has 0 atom stereocenters. The molecule has 0 spiro atoms. The lowest BCUT2D eigenvalue weighted by Gasteiger charge is -2.06. The summed E-state index contributed by atoms with van der Waals surface area (Å²) in [5.41, 5.74) is 0.949. The molecule has 19 heavy (non-hydrogen) atoms. The molecule has 0 amide bonds.